The third kappa shape index (κ3) is 3.35. The smallest absolute Gasteiger partial charge is 0.256 e. The number of nitrogens with one attached hydrogen (secondary N) is 2. The number of nitrogens with zero attached hydrogens (tertiary/aromatic N) is 1. The fourth-order valence-corrected chi connectivity index (χ4v) is 7.46. The summed E-state index contributed by atoms with van der Waals surface area (Å²) in [6.07, 6.45) is 0.458. The fourth-order valence-electron chi connectivity index (χ4n) is 3.58. The molecular weight excluding hydrogens is 562 g/mol. The lowest BCUT2D eigenvalue weighted by molar-refractivity contribution is 0.0934. The van der Waals surface area contributed by atoms with Crippen LogP contribution >= 0.6 is 59.1 Å². The number of benzene rings is 1. The molecule has 2 aliphatic heterocycles. The Morgan fingerprint density at radius 2 is 2.00 bits per heavy atom. The number of thiophene rings is 1. The molecule has 0 fully saturated rings. The van der Waals surface area contributed by atoms with E-state index in [0.717, 1.165) is 40.1 Å². The summed E-state index contributed by atoms with van der Waals surface area (Å²) in [5.41, 5.74) is 2.71. The number of phenols is 1. The van der Waals surface area contributed by atoms with Crippen molar-refractivity contribution < 1.29 is 9.90 Å². The van der Waals surface area contributed by atoms with Crippen LogP contribution in [0.1, 0.15) is 46.4 Å². The predicted octanol–water partition coefficient (Wildman–Crippen LogP) is 5.36. The zero-order valence-electron chi connectivity index (χ0n) is 14.7. The maximum atomic E-state index is 12.9. The van der Waals surface area contributed by atoms with E-state index in [2.05, 4.69) is 77.2 Å². The van der Waals surface area contributed by atoms with Crippen molar-refractivity contribution in [2.24, 2.45) is 0 Å². The van der Waals surface area contributed by atoms with E-state index in [0.29, 0.717) is 15.0 Å². The summed E-state index contributed by atoms with van der Waals surface area (Å²) in [5, 5.41) is 17.7. The van der Waals surface area contributed by atoms with Crippen LogP contribution in [0.15, 0.2) is 19.5 Å². The minimum Gasteiger partial charge on any atom is -0.506 e. The first-order chi connectivity index (χ1) is 12.8. The van der Waals surface area contributed by atoms with Crippen LogP contribution in [0.2, 0.25) is 0 Å². The Hall–Kier alpha value is -0.610. The van der Waals surface area contributed by atoms with Gasteiger partial charge in [-0.15, -0.1) is 11.3 Å². The van der Waals surface area contributed by atoms with Crippen molar-refractivity contribution >= 4 is 70.0 Å². The van der Waals surface area contributed by atoms with Crippen LogP contribution in [-0.2, 0) is 13.0 Å². The van der Waals surface area contributed by atoms with Gasteiger partial charge >= 0.3 is 0 Å². The number of hydrogen-bond acceptors (Lipinski definition) is 5. The standard InChI is InChI=1S/C18H18Br3N3O2S/c1-7(2)24-4-3-8-11(6-24)27-18-12(8)17(26)22-16(23-18)13-9(19)5-10(20)15(25)14(13)21/h5,7,16,23,25H,3-4,6H2,1-2H3,(H,22,26)/t16-/m1/s1. The topological polar surface area (TPSA) is 64.6 Å². The summed E-state index contributed by atoms with van der Waals surface area (Å²) in [5.74, 6) is 0.0403. The Bertz CT molecular complexity index is 945. The van der Waals surface area contributed by atoms with Crippen molar-refractivity contribution in [1.29, 1.82) is 0 Å². The van der Waals surface area contributed by atoms with E-state index in [1.165, 1.54) is 10.4 Å². The molecule has 0 spiro atoms. The van der Waals surface area contributed by atoms with Crippen LogP contribution in [0.25, 0.3) is 0 Å². The van der Waals surface area contributed by atoms with E-state index in [4.69, 9.17) is 0 Å². The molecule has 1 aromatic heterocycles. The summed E-state index contributed by atoms with van der Waals surface area (Å²) in [7, 11) is 0. The van der Waals surface area contributed by atoms with Gasteiger partial charge in [-0.25, -0.2) is 0 Å². The summed E-state index contributed by atoms with van der Waals surface area (Å²) < 4.78 is 1.90. The SMILES string of the molecule is CC(C)N1CCc2c(sc3c2C(=O)N[C@@H](c2c(Br)cc(Br)c(O)c2Br)N3)C1. The zero-order valence-corrected chi connectivity index (χ0v) is 20.3. The highest BCUT2D eigenvalue weighted by atomic mass is 79.9. The molecule has 1 atom stereocenters. The molecule has 144 valence electrons. The number of aromatic hydroxyl groups is 1. The average molecular weight is 580 g/mol. The van der Waals surface area contributed by atoms with Gasteiger partial charge in [0.25, 0.3) is 5.91 Å². The Morgan fingerprint density at radius 3 is 2.70 bits per heavy atom. The molecule has 9 heteroatoms. The highest BCUT2D eigenvalue weighted by molar-refractivity contribution is 9.11. The van der Waals surface area contributed by atoms with Crippen molar-refractivity contribution in [1.82, 2.24) is 10.2 Å². The molecule has 0 saturated heterocycles. The highest BCUT2D eigenvalue weighted by Crippen LogP contribution is 2.46. The van der Waals surface area contributed by atoms with Gasteiger partial charge in [0.1, 0.15) is 16.9 Å². The van der Waals surface area contributed by atoms with Crippen molar-refractivity contribution in [3.63, 3.8) is 0 Å². The molecular formula is C18H18Br3N3O2S. The number of amides is 1. The van der Waals surface area contributed by atoms with Crippen molar-refractivity contribution in [3.05, 3.63) is 41.1 Å². The van der Waals surface area contributed by atoms with Crippen molar-refractivity contribution in [3.8, 4) is 5.75 Å². The van der Waals surface area contributed by atoms with E-state index in [1.807, 2.05) is 0 Å². The monoisotopic (exact) mass is 577 g/mol. The van der Waals surface area contributed by atoms with E-state index < -0.39 is 6.17 Å². The third-order valence-corrected chi connectivity index (χ3v) is 8.28. The minimum atomic E-state index is -0.436. The molecule has 27 heavy (non-hydrogen) atoms. The molecule has 0 unspecified atom stereocenters. The molecule has 4 rings (SSSR count). The molecule has 0 aliphatic carbocycles. The van der Waals surface area contributed by atoms with Gasteiger partial charge in [0.15, 0.2) is 0 Å². The third-order valence-electron chi connectivity index (χ3n) is 5.06. The van der Waals surface area contributed by atoms with Crippen molar-refractivity contribution in [2.45, 2.75) is 39.0 Å². The van der Waals surface area contributed by atoms with Crippen LogP contribution in [-0.4, -0.2) is 28.5 Å². The minimum absolute atomic E-state index is 0.0644. The Labute approximate surface area is 186 Å². The van der Waals surface area contributed by atoms with Crippen LogP contribution in [0.5, 0.6) is 5.75 Å². The van der Waals surface area contributed by atoms with Crippen LogP contribution in [0.3, 0.4) is 0 Å². The van der Waals surface area contributed by atoms with Gasteiger partial charge in [0.05, 0.1) is 14.5 Å². The second kappa shape index (κ2) is 7.33. The first-order valence-electron chi connectivity index (χ1n) is 8.60. The maximum absolute atomic E-state index is 12.9. The molecule has 2 aliphatic rings. The van der Waals surface area contributed by atoms with Crippen LogP contribution in [0.4, 0.5) is 5.00 Å². The zero-order chi connectivity index (χ0) is 19.5. The number of hydrogen-bond donors (Lipinski definition) is 3. The molecule has 1 amide bonds. The molecule has 3 heterocycles. The highest BCUT2D eigenvalue weighted by Gasteiger charge is 2.35. The molecule has 2 aromatic rings. The number of carbonyl (C=O) groups excluding carboxylic acids is 1. The Kier molecular flexibility index (Phi) is 5.35. The van der Waals surface area contributed by atoms with Gasteiger partial charge in [-0.2, -0.15) is 0 Å². The van der Waals surface area contributed by atoms with Gasteiger partial charge < -0.3 is 15.7 Å². The molecule has 5 nitrogen and oxygen atoms in total. The van der Waals surface area contributed by atoms with Gasteiger partial charge in [0, 0.05) is 34.0 Å². The summed E-state index contributed by atoms with van der Waals surface area (Å²) in [6, 6.07) is 2.27. The number of phenolic OH excluding ortho intramolecular Hbond substituents is 1. The molecule has 1 aromatic carbocycles. The lowest BCUT2D eigenvalue weighted by Gasteiger charge is -2.31. The normalized spacial score (nSPS) is 19.5. The fraction of sp³-hybridized carbons (Fsp3) is 0.389. The first-order valence-corrected chi connectivity index (χ1v) is 11.8. The number of halogens is 3. The summed E-state index contributed by atoms with van der Waals surface area (Å²) in [6.45, 7) is 6.27. The quantitative estimate of drug-likeness (QED) is 0.448. The predicted molar refractivity (Wildman–Crippen MR) is 119 cm³/mol. The summed E-state index contributed by atoms with van der Waals surface area (Å²) >= 11 is 12.0. The number of carbonyl (C=O) groups is 1. The van der Waals surface area contributed by atoms with E-state index in [1.54, 1.807) is 17.4 Å². The van der Waals surface area contributed by atoms with Crippen LogP contribution < -0.4 is 10.6 Å². The molecule has 0 bridgehead atoms. The van der Waals surface area contributed by atoms with Gasteiger partial charge in [-0.05, 0) is 63.8 Å². The van der Waals surface area contributed by atoms with Crippen LogP contribution in [0, 0.1) is 0 Å². The van der Waals surface area contributed by atoms with E-state index >= 15 is 0 Å². The molecule has 0 radical (unpaired) electrons. The second-order valence-electron chi connectivity index (χ2n) is 6.99. The number of rotatable bonds is 2. The maximum Gasteiger partial charge on any atom is 0.256 e. The van der Waals surface area contributed by atoms with Gasteiger partial charge in [-0.1, -0.05) is 15.9 Å². The average Bonchev–Trinajstić information content (AvgIpc) is 2.97. The first kappa shape index (κ1) is 19.7. The summed E-state index contributed by atoms with van der Waals surface area (Å²) in [4.78, 5) is 16.6. The van der Waals surface area contributed by atoms with Gasteiger partial charge in [0.2, 0.25) is 0 Å². The Balaban J connectivity index is 1.72. The van der Waals surface area contributed by atoms with E-state index in [9.17, 15) is 9.90 Å². The molecule has 3 N–H and O–H groups in total. The number of anilines is 1. The Morgan fingerprint density at radius 1 is 1.26 bits per heavy atom. The van der Waals surface area contributed by atoms with Gasteiger partial charge in [-0.3, -0.25) is 9.69 Å². The largest absolute Gasteiger partial charge is 0.506 e. The lowest BCUT2D eigenvalue weighted by atomic mass is 9.99. The van der Waals surface area contributed by atoms with E-state index in [-0.39, 0.29) is 11.7 Å². The van der Waals surface area contributed by atoms with Crippen molar-refractivity contribution in [2.75, 3.05) is 11.9 Å². The molecule has 0 saturated carbocycles. The second-order valence-corrected chi connectivity index (χ2v) is 10.6. The number of fused-ring (bicyclic) bond motifs is 3. The lowest BCUT2D eigenvalue weighted by Crippen LogP contribution is -2.39.